The molecule has 0 aliphatic heterocycles. The van der Waals surface area contributed by atoms with E-state index in [2.05, 4.69) is 59.6 Å². The number of allylic oxidation sites excluding steroid dienone is 3. The Balaban J connectivity index is 1.27. The summed E-state index contributed by atoms with van der Waals surface area (Å²) in [7, 11) is 0. The Morgan fingerprint density at radius 1 is 0.857 bits per heavy atom. The van der Waals surface area contributed by atoms with E-state index >= 15 is 0 Å². The maximum atomic E-state index is 5.60. The molecule has 0 spiro atoms. The molecule has 0 saturated heterocycles. The van der Waals surface area contributed by atoms with E-state index in [1.807, 2.05) is 0 Å². The fourth-order valence-corrected chi connectivity index (χ4v) is 7.11. The Labute approximate surface area is 180 Å². The lowest BCUT2D eigenvalue weighted by Crippen LogP contribution is -2.63. The Bertz CT molecular complexity index is 651. The van der Waals surface area contributed by atoms with Crippen LogP contribution in [0.1, 0.15) is 65.2 Å². The molecular weight excluding hydrogens is 384 g/mol. The van der Waals surface area contributed by atoms with Gasteiger partial charge in [-0.3, -0.25) is 10.9 Å². The van der Waals surface area contributed by atoms with E-state index in [0.717, 1.165) is 30.6 Å². The maximum absolute atomic E-state index is 5.60. The molecule has 0 radical (unpaired) electrons. The lowest BCUT2D eigenvalue weighted by Gasteiger charge is -2.57. The van der Waals surface area contributed by atoms with Gasteiger partial charge in [-0.1, -0.05) is 31.2 Å². The first-order valence-electron chi connectivity index (χ1n) is 10.8. The Morgan fingerprint density at radius 2 is 1.43 bits per heavy atom. The van der Waals surface area contributed by atoms with Crippen molar-refractivity contribution in [2.45, 2.75) is 76.3 Å². The number of hydrazine groups is 1. The van der Waals surface area contributed by atoms with Crippen molar-refractivity contribution in [3.63, 3.8) is 0 Å². The summed E-state index contributed by atoms with van der Waals surface area (Å²) in [6, 6.07) is 0. The van der Waals surface area contributed by atoms with E-state index in [-0.39, 0.29) is 11.1 Å². The van der Waals surface area contributed by atoms with Crippen LogP contribution < -0.4 is 21.5 Å². The predicted molar refractivity (Wildman–Crippen MR) is 124 cm³/mol. The van der Waals surface area contributed by atoms with Gasteiger partial charge in [0, 0.05) is 5.54 Å². The van der Waals surface area contributed by atoms with Gasteiger partial charge in [0.15, 0.2) is 10.2 Å². The van der Waals surface area contributed by atoms with E-state index in [1.54, 1.807) is 0 Å². The highest BCUT2D eigenvalue weighted by Gasteiger charge is 2.51. The van der Waals surface area contributed by atoms with Crippen LogP contribution in [0.25, 0.3) is 0 Å². The second-order valence-corrected chi connectivity index (χ2v) is 10.8. The lowest BCUT2D eigenvalue weighted by molar-refractivity contribution is -0.0102. The number of thiocarbonyl (C=S) groups is 2. The third-order valence-electron chi connectivity index (χ3n) is 7.07. The molecule has 2 unspecified atom stereocenters. The van der Waals surface area contributed by atoms with Crippen molar-refractivity contribution in [1.82, 2.24) is 21.5 Å². The normalized spacial score (nSPS) is 43.4. The van der Waals surface area contributed by atoms with Crippen LogP contribution in [0.3, 0.4) is 0 Å². The number of hydrogen-bond donors (Lipinski definition) is 4. The molecule has 4 saturated carbocycles. The standard InChI is InChI=1S/C22H34N4S2/c1-15-6-4-3-5-7-21(2,11-15)23-19(27)25-26-20(28)24-22-12-16-8-17(13-22)10-18(9-16)14-22/h4-7,15-18H,3,8-14H2,1-2H3,(H2,23,25,27)(H2,24,26,28)/b6-4+,7-5+. The third-order valence-corrected chi connectivity index (χ3v) is 7.48. The summed E-state index contributed by atoms with van der Waals surface area (Å²) in [5.74, 6) is 3.22. The summed E-state index contributed by atoms with van der Waals surface area (Å²) in [5, 5.41) is 8.37. The van der Waals surface area contributed by atoms with Gasteiger partial charge in [0.2, 0.25) is 0 Å². The summed E-state index contributed by atoms with van der Waals surface area (Å²) in [4.78, 5) is 0. The Kier molecular flexibility index (Phi) is 5.71. The molecule has 4 N–H and O–H groups in total. The van der Waals surface area contributed by atoms with Crippen LogP contribution in [0.15, 0.2) is 24.3 Å². The zero-order chi connectivity index (χ0) is 19.8. The summed E-state index contributed by atoms with van der Waals surface area (Å²) in [5.41, 5.74) is 6.29. The molecule has 5 aliphatic rings. The van der Waals surface area contributed by atoms with E-state index in [4.69, 9.17) is 24.4 Å². The molecule has 28 heavy (non-hydrogen) atoms. The molecular formula is C22H34N4S2. The van der Waals surface area contributed by atoms with Crippen molar-refractivity contribution < 1.29 is 0 Å². The molecule has 0 aromatic rings. The van der Waals surface area contributed by atoms with Crippen LogP contribution in [0.2, 0.25) is 0 Å². The summed E-state index contributed by atoms with van der Waals surface area (Å²) < 4.78 is 0. The van der Waals surface area contributed by atoms with E-state index in [1.165, 1.54) is 38.5 Å². The SMILES string of the molecule is CC1/C=C/C/C=C/C(C)(NC(=S)NNC(=S)NC23CC4CC(CC(C4)C2)C3)C1. The number of rotatable bonds is 2. The van der Waals surface area contributed by atoms with Crippen molar-refractivity contribution in [1.29, 1.82) is 0 Å². The minimum absolute atomic E-state index is 0.162. The lowest BCUT2D eigenvalue weighted by atomic mass is 9.53. The first kappa shape index (κ1) is 20.1. The second-order valence-electron chi connectivity index (χ2n) is 10.0. The molecule has 5 aliphatic carbocycles. The smallest absolute Gasteiger partial charge is 0.185 e. The fourth-order valence-electron chi connectivity index (χ4n) is 6.56. The first-order valence-corrected chi connectivity index (χ1v) is 11.7. The maximum Gasteiger partial charge on any atom is 0.185 e. The van der Waals surface area contributed by atoms with Gasteiger partial charge in [0.05, 0.1) is 5.54 Å². The van der Waals surface area contributed by atoms with Gasteiger partial charge < -0.3 is 10.6 Å². The highest BCUT2D eigenvalue weighted by molar-refractivity contribution is 7.80. The molecule has 154 valence electrons. The van der Waals surface area contributed by atoms with E-state index in [0.29, 0.717) is 16.1 Å². The van der Waals surface area contributed by atoms with Crippen molar-refractivity contribution in [2.24, 2.45) is 23.7 Å². The van der Waals surface area contributed by atoms with Gasteiger partial charge >= 0.3 is 0 Å². The number of nitrogens with one attached hydrogen (secondary N) is 4. The van der Waals surface area contributed by atoms with Crippen molar-refractivity contribution in [2.75, 3.05) is 0 Å². The quantitative estimate of drug-likeness (QED) is 0.308. The Morgan fingerprint density at radius 3 is 2.04 bits per heavy atom. The topological polar surface area (TPSA) is 48.1 Å². The number of hydrogen-bond acceptors (Lipinski definition) is 2. The summed E-state index contributed by atoms with van der Waals surface area (Å²) in [6.45, 7) is 4.44. The minimum atomic E-state index is -0.162. The van der Waals surface area contributed by atoms with Gasteiger partial charge in [-0.25, -0.2) is 0 Å². The van der Waals surface area contributed by atoms with Gasteiger partial charge in [0.25, 0.3) is 0 Å². The van der Waals surface area contributed by atoms with E-state index < -0.39 is 0 Å². The van der Waals surface area contributed by atoms with Crippen LogP contribution in [-0.4, -0.2) is 21.3 Å². The average Bonchev–Trinajstić information content (AvgIpc) is 2.56. The molecule has 0 aromatic heterocycles. The highest BCUT2D eigenvalue weighted by Crippen LogP contribution is 2.55. The molecule has 5 rings (SSSR count). The van der Waals surface area contributed by atoms with Crippen LogP contribution in [0.4, 0.5) is 0 Å². The molecule has 0 amide bonds. The zero-order valence-electron chi connectivity index (χ0n) is 17.1. The van der Waals surface area contributed by atoms with Gasteiger partial charge in [-0.05, 0) is 106 Å². The third kappa shape index (κ3) is 4.70. The average molecular weight is 419 g/mol. The van der Waals surface area contributed by atoms with Crippen molar-refractivity contribution in [3.8, 4) is 0 Å². The largest absolute Gasteiger partial charge is 0.356 e. The second kappa shape index (κ2) is 7.94. The van der Waals surface area contributed by atoms with Crippen LogP contribution >= 0.6 is 24.4 Å². The van der Waals surface area contributed by atoms with Crippen LogP contribution in [-0.2, 0) is 0 Å². The van der Waals surface area contributed by atoms with Crippen molar-refractivity contribution in [3.05, 3.63) is 24.3 Å². The molecule has 6 heteroatoms. The van der Waals surface area contributed by atoms with Gasteiger partial charge in [-0.15, -0.1) is 0 Å². The minimum Gasteiger partial charge on any atom is -0.356 e. The monoisotopic (exact) mass is 418 g/mol. The van der Waals surface area contributed by atoms with Gasteiger partial charge in [0.1, 0.15) is 0 Å². The molecule has 4 nitrogen and oxygen atoms in total. The van der Waals surface area contributed by atoms with Crippen LogP contribution in [0.5, 0.6) is 0 Å². The molecule has 2 atom stereocenters. The molecule has 4 fully saturated rings. The molecule has 0 aromatic carbocycles. The predicted octanol–water partition coefficient (Wildman–Crippen LogP) is 4.10. The van der Waals surface area contributed by atoms with E-state index in [9.17, 15) is 0 Å². The van der Waals surface area contributed by atoms with Crippen molar-refractivity contribution >= 4 is 34.7 Å². The highest BCUT2D eigenvalue weighted by atomic mass is 32.1. The summed E-state index contributed by atoms with van der Waals surface area (Å²) in [6.07, 6.45) is 19.0. The van der Waals surface area contributed by atoms with Gasteiger partial charge in [-0.2, -0.15) is 0 Å². The fraction of sp³-hybridized carbons (Fsp3) is 0.727. The molecule has 4 bridgehead atoms. The Hall–Kier alpha value is -1.14. The van der Waals surface area contributed by atoms with Crippen LogP contribution in [0, 0.1) is 23.7 Å². The zero-order valence-corrected chi connectivity index (χ0v) is 18.7. The summed E-state index contributed by atoms with van der Waals surface area (Å²) >= 11 is 11.1. The molecule has 0 heterocycles. The first-order chi connectivity index (χ1) is 13.3.